The third-order valence-electron chi connectivity index (χ3n) is 4.12. The molecule has 0 bridgehead atoms. The highest BCUT2D eigenvalue weighted by Gasteiger charge is 2.42. The molecule has 1 N–H and O–H groups in total. The SMILES string of the molecule is OCC1(CSc2nc3cccnc3n3c(C(F)(F)F)nnc23)CC1. The van der Waals surface area contributed by atoms with Gasteiger partial charge >= 0.3 is 6.18 Å². The number of rotatable bonds is 4. The van der Waals surface area contributed by atoms with E-state index in [1.807, 2.05) is 0 Å². The van der Waals surface area contributed by atoms with E-state index < -0.39 is 12.0 Å². The Balaban J connectivity index is 1.88. The molecule has 3 aromatic heterocycles. The highest BCUT2D eigenvalue weighted by molar-refractivity contribution is 7.99. The van der Waals surface area contributed by atoms with Gasteiger partial charge in [-0.15, -0.1) is 22.0 Å². The lowest BCUT2D eigenvalue weighted by Gasteiger charge is -2.12. The molecule has 1 aliphatic carbocycles. The summed E-state index contributed by atoms with van der Waals surface area (Å²) in [5.74, 6) is -0.541. The molecule has 3 heterocycles. The van der Waals surface area contributed by atoms with Crippen molar-refractivity contribution in [2.75, 3.05) is 12.4 Å². The molecule has 0 aliphatic heterocycles. The minimum atomic E-state index is -4.64. The van der Waals surface area contributed by atoms with Gasteiger partial charge in [-0.1, -0.05) is 0 Å². The molecule has 0 saturated heterocycles. The van der Waals surface area contributed by atoms with E-state index in [-0.39, 0.29) is 23.3 Å². The van der Waals surface area contributed by atoms with Gasteiger partial charge in [0.05, 0.1) is 0 Å². The van der Waals surface area contributed by atoms with E-state index in [0.29, 0.717) is 16.3 Å². The second kappa shape index (κ2) is 5.28. The lowest BCUT2D eigenvalue weighted by Crippen LogP contribution is -2.13. The highest BCUT2D eigenvalue weighted by Crippen LogP contribution is 2.48. The van der Waals surface area contributed by atoms with E-state index in [0.717, 1.165) is 17.2 Å². The minimum absolute atomic E-state index is 0.0345. The van der Waals surface area contributed by atoms with Gasteiger partial charge in [-0.25, -0.2) is 9.97 Å². The number of nitrogens with zero attached hydrogens (tertiary/aromatic N) is 5. The van der Waals surface area contributed by atoms with E-state index in [4.69, 9.17) is 0 Å². The highest BCUT2D eigenvalue weighted by atomic mass is 32.2. The first-order valence-corrected chi connectivity index (χ1v) is 8.23. The molecule has 6 nitrogen and oxygen atoms in total. The molecule has 0 amide bonds. The number of aromatic nitrogens is 5. The molecular formula is C14H12F3N5OS. The average molecular weight is 355 g/mol. The topological polar surface area (TPSA) is 76.2 Å². The molecule has 3 aromatic rings. The van der Waals surface area contributed by atoms with Crippen molar-refractivity contribution in [1.29, 1.82) is 0 Å². The van der Waals surface area contributed by atoms with Crippen LogP contribution in [0.25, 0.3) is 16.8 Å². The molecule has 4 rings (SSSR count). The number of hydrogen-bond acceptors (Lipinski definition) is 6. The zero-order valence-electron chi connectivity index (χ0n) is 12.3. The summed E-state index contributed by atoms with van der Waals surface area (Å²) in [7, 11) is 0. The van der Waals surface area contributed by atoms with Gasteiger partial charge in [0.15, 0.2) is 11.3 Å². The number of fused-ring (bicyclic) bond motifs is 3. The first kappa shape index (κ1) is 15.6. The Morgan fingerprint density at radius 3 is 2.71 bits per heavy atom. The van der Waals surface area contributed by atoms with E-state index >= 15 is 0 Å². The third kappa shape index (κ3) is 2.49. The maximum absolute atomic E-state index is 13.2. The van der Waals surface area contributed by atoms with Gasteiger partial charge in [-0.2, -0.15) is 13.2 Å². The molecule has 0 aromatic carbocycles. The molecule has 0 radical (unpaired) electrons. The minimum Gasteiger partial charge on any atom is -0.396 e. The summed E-state index contributed by atoms with van der Waals surface area (Å²) >= 11 is 1.29. The summed E-state index contributed by atoms with van der Waals surface area (Å²) in [5, 5.41) is 16.8. The zero-order valence-corrected chi connectivity index (χ0v) is 13.1. The summed E-state index contributed by atoms with van der Waals surface area (Å²) in [4.78, 5) is 8.40. The second-order valence-corrected chi connectivity index (χ2v) is 6.85. The Bertz CT molecular complexity index is 922. The maximum atomic E-state index is 13.2. The Kier molecular flexibility index (Phi) is 3.43. The van der Waals surface area contributed by atoms with E-state index in [1.54, 1.807) is 12.1 Å². The summed E-state index contributed by atoms with van der Waals surface area (Å²) in [6, 6.07) is 3.22. The van der Waals surface area contributed by atoms with Crippen LogP contribution >= 0.6 is 11.8 Å². The third-order valence-corrected chi connectivity index (χ3v) is 5.42. The summed E-state index contributed by atoms with van der Waals surface area (Å²) in [6.45, 7) is 0.0614. The van der Waals surface area contributed by atoms with Gasteiger partial charge in [-0.3, -0.25) is 4.40 Å². The molecule has 126 valence electrons. The molecule has 0 atom stereocenters. The normalized spacial score (nSPS) is 16.8. The van der Waals surface area contributed by atoms with Gasteiger partial charge in [0.25, 0.3) is 0 Å². The van der Waals surface area contributed by atoms with Gasteiger partial charge < -0.3 is 5.11 Å². The summed E-state index contributed by atoms with van der Waals surface area (Å²) in [6.07, 6.45) is -1.43. The number of aliphatic hydroxyl groups excluding tert-OH is 1. The smallest absolute Gasteiger partial charge is 0.396 e. The molecule has 1 aliphatic rings. The lowest BCUT2D eigenvalue weighted by atomic mass is 10.2. The van der Waals surface area contributed by atoms with Crippen LogP contribution in [0.2, 0.25) is 0 Å². The van der Waals surface area contributed by atoms with Crippen LogP contribution in [0, 0.1) is 5.41 Å². The number of thioether (sulfide) groups is 1. The van der Waals surface area contributed by atoms with Crippen LogP contribution in [-0.4, -0.2) is 42.0 Å². The van der Waals surface area contributed by atoms with Crippen molar-refractivity contribution in [3.8, 4) is 0 Å². The number of hydrogen-bond donors (Lipinski definition) is 1. The Labute approximate surface area is 138 Å². The van der Waals surface area contributed by atoms with Gasteiger partial charge in [0.1, 0.15) is 10.5 Å². The molecular weight excluding hydrogens is 343 g/mol. The monoisotopic (exact) mass is 355 g/mol. The quantitative estimate of drug-likeness (QED) is 0.725. The van der Waals surface area contributed by atoms with Crippen LogP contribution in [0.5, 0.6) is 0 Å². The average Bonchev–Trinajstić information content (AvgIpc) is 3.19. The largest absolute Gasteiger partial charge is 0.452 e. The number of halogens is 3. The first-order valence-electron chi connectivity index (χ1n) is 7.24. The van der Waals surface area contributed by atoms with Crippen molar-refractivity contribution in [2.45, 2.75) is 24.0 Å². The van der Waals surface area contributed by atoms with E-state index in [1.165, 1.54) is 18.0 Å². The van der Waals surface area contributed by atoms with Crippen LogP contribution < -0.4 is 0 Å². The van der Waals surface area contributed by atoms with E-state index in [2.05, 4.69) is 20.2 Å². The van der Waals surface area contributed by atoms with Crippen molar-refractivity contribution < 1.29 is 18.3 Å². The van der Waals surface area contributed by atoms with Crippen molar-refractivity contribution in [1.82, 2.24) is 24.6 Å². The van der Waals surface area contributed by atoms with Crippen LogP contribution in [-0.2, 0) is 6.18 Å². The predicted molar refractivity (Wildman–Crippen MR) is 80.6 cm³/mol. The fraction of sp³-hybridized carbons (Fsp3) is 0.429. The number of aliphatic hydroxyl groups is 1. The maximum Gasteiger partial charge on any atom is 0.452 e. The lowest BCUT2D eigenvalue weighted by molar-refractivity contribution is -0.145. The summed E-state index contributed by atoms with van der Waals surface area (Å²) in [5.41, 5.74) is 0.288. The molecule has 1 fully saturated rings. The summed E-state index contributed by atoms with van der Waals surface area (Å²) < 4.78 is 40.6. The molecule has 0 spiro atoms. The Morgan fingerprint density at radius 1 is 1.25 bits per heavy atom. The molecule has 24 heavy (non-hydrogen) atoms. The van der Waals surface area contributed by atoms with Gasteiger partial charge in [0, 0.05) is 24.0 Å². The molecule has 1 saturated carbocycles. The Morgan fingerprint density at radius 2 is 2.04 bits per heavy atom. The number of pyridine rings is 1. The standard InChI is InChI=1S/C14H12F3N5OS/c15-14(16,17)12-21-20-10-11(24-7-13(6-23)3-4-13)19-8-2-1-5-18-9(8)22(10)12/h1-2,5,23H,3-4,6-7H2. The fourth-order valence-corrected chi connectivity index (χ4v) is 3.70. The van der Waals surface area contributed by atoms with E-state index in [9.17, 15) is 18.3 Å². The Hall–Kier alpha value is -1.94. The van der Waals surface area contributed by atoms with Crippen molar-refractivity contribution in [3.05, 3.63) is 24.2 Å². The van der Waals surface area contributed by atoms with Crippen molar-refractivity contribution in [2.24, 2.45) is 5.41 Å². The second-order valence-electron chi connectivity index (χ2n) is 5.89. The van der Waals surface area contributed by atoms with Crippen LogP contribution in [0.3, 0.4) is 0 Å². The molecule has 10 heteroatoms. The fourth-order valence-electron chi connectivity index (χ4n) is 2.46. The zero-order chi connectivity index (χ0) is 16.9. The molecule has 0 unspecified atom stereocenters. The van der Waals surface area contributed by atoms with Crippen LogP contribution in [0.15, 0.2) is 23.4 Å². The van der Waals surface area contributed by atoms with Gasteiger partial charge in [0.2, 0.25) is 5.82 Å². The number of alkyl halides is 3. The van der Waals surface area contributed by atoms with Crippen molar-refractivity contribution in [3.63, 3.8) is 0 Å². The first-order chi connectivity index (χ1) is 11.4. The van der Waals surface area contributed by atoms with Gasteiger partial charge in [-0.05, 0) is 25.0 Å². The predicted octanol–water partition coefficient (Wildman–Crippen LogP) is 2.56. The van der Waals surface area contributed by atoms with Crippen LogP contribution in [0.4, 0.5) is 13.2 Å². The van der Waals surface area contributed by atoms with Crippen molar-refractivity contribution >= 4 is 28.6 Å². The van der Waals surface area contributed by atoms with Crippen LogP contribution in [0.1, 0.15) is 18.7 Å².